The molecule has 0 radical (unpaired) electrons. The lowest BCUT2D eigenvalue weighted by Crippen LogP contribution is -2.27. The van der Waals surface area contributed by atoms with Crippen molar-refractivity contribution in [1.29, 1.82) is 0 Å². The quantitative estimate of drug-likeness (QED) is 0.742. The van der Waals surface area contributed by atoms with E-state index in [0.717, 1.165) is 0 Å². The second-order valence-corrected chi connectivity index (χ2v) is 4.62. The molecule has 7 heteroatoms. The number of hydrogen-bond donors (Lipinski definition) is 0. The number of anilines is 1. The van der Waals surface area contributed by atoms with Crippen LogP contribution in [0.1, 0.15) is 10.4 Å². The molecule has 6 nitrogen and oxygen atoms in total. The molecule has 0 spiro atoms. The van der Waals surface area contributed by atoms with Crippen molar-refractivity contribution in [2.45, 2.75) is 0 Å². The molecule has 1 amide bonds. The van der Waals surface area contributed by atoms with Crippen molar-refractivity contribution in [3.05, 3.63) is 66.2 Å². The van der Waals surface area contributed by atoms with Gasteiger partial charge in [0.05, 0.1) is 11.3 Å². The van der Waals surface area contributed by atoms with E-state index in [9.17, 15) is 9.18 Å². The Balaban J connectivity index is 2.04. The molecule has 0 N–H and O–H groups in total. The van der Waals surface area contributed by atoms with Crippen molar-refractivity contribution in [3.8, 4) is 5.69 Å². The van der Waals surface area contributed by atoms with Gasteiger partial charge in [-0.2, -0.15) is 4.68 Å². The van der Waals surface area contributed by atoms with Gasteiger partial charge in [0.15, 0.2) is 0 Å². The molecule has 0 aliphatic rings. The second kappa shape index (κ2) is 5.72. The summed E-state index contributed by atoms with van der Waals surface area (Å²) in [6.07, 6.45) is 1.35. The number of carbonyl (C=O) groups excluding carboxylic acids is 1. The summed E-state index contributed by atoms with van der Waals surface area (Å²) in [5, 5.41) is 10.8. The van der Waals surface area contributed by atoms with Gasteiger partial charge in [-0.15, -0.1) is 5.10 Å². The van der Waals surface area contributed by atoms with Crippen molar-refractivity contribution in [2.24, 2.45) is 0 Å². The first kappa shape index (κ1) is 13.9. The van der Waals surface area contributed by atoms with Gasteiger partial charge in [-0.05, 0) is 40.8 Å². The Kier molecular flexibility index (Phi) is 3.61. The van der Waals surface area contributed by atoms with Crippen LogP contribution in [-0.2, 0) is 0 Å². The highest BCUT2D eigenvalue weighted by Crippen LogP contribution is 2.20. The zero-order valence-corrected chi connectivity index (χ0v) is 11.7. The van der Waals surface area contributed by atoms with Gasteiger partial charge in [0.2, 0.25) is 0 Å². The summed E-state index contributed by atoms with van der Waals surface area (Å²) in [4.78, 5) is 14.1. The van der Waals surface area contributed by atoms with E-state index in [4.69, 9.17) is 0 Å². The Hall–Kier alpha value is -3.09. The molecule has 1 heterocycles. The maximum atomic E-state index is 13.6. The van der Waals surface area contributed by atoms with E-state index in [2.05, 4.69) is 15.5 Å². The number of nitrogens with zero attached hydrogens (tertiary/aromatic N) is 5. The molecular formula is C15H12FN5O. The first-order valence-corrected chi connectivity index (χ1v) is 6.53. The van der Waals surface area contributed by atoms with Crippen LogP contribution in [0.15, 0.2) is 54.9 Å². The Morgan fingerprint density at radius 1 is 1.18 bits per heavy atom. The van der Waals surface area contributed by atoms with E-state index in [-0.39, 0.29) is 11.5 Å². The summed E-state index contributed by atoms with van der Waals surface area (Å²) in [6.45, 7) is 0. The van der Waals surface area contributed by atoms with Gasteiger partial charge in [0.25, 0.3) is 5.91 Å². The predicted molar refractivity (Wildman–Crippen MR) is 78.3 cm³/mol. The van der Waals surface area contributed by atoms with Crippen LogP contribution < -0.4 is 4.90 Å². The Labute approximate surface area is 125 Å². The minimum absolute atomic E-state index is 0.179. The van der Waals surface area contributed by atoms with E-state index in [0.29, 0.717) is 11.4 Å². The van der Waals surface area contributed by atoms with Gasteiger partial charge in [0, 0.05) is 12.7 Å². The van der Waals surface area contributed by atoms with Crippen LogP contribution in [0.2, 0.25) is 0 Å². The second-order valence-electron chi connectivity index (χ2n) is 4.62. The molecular weight excluding hydrogens is 285 g/mol. The highest BCUT2D eigenvalue weighted by Gasteiger charge is 2.19. The number of halogens is 1. The molecule has 1 aromatic heterocycles. The molecule has 0 unspecified atom stereocenters. The topological polar surface area (TPSA) is 63.9 Å². The molecule has 0 fully saturated rings. The first-order chi connectivity index (χ1) is 10.7. The Morgan fingerprint density at radius 2 is 1.95 bits per heavy atom. The average Bonchev–Trinajstić information content (AvgIpc) is 3.08. The average molecular weight is 297 g/mol. The zero-order chi connectivity index (χ0) is 15.5. The number of carbonyl (C=O) groups is 1. The van der Waals surface area contributed by atoms with Crippen LogP contribution in [0.5, 0.6) is 0 Å². The number of para-hydroxylation sites is 1. The highest BCUT2D eigenvalue weighted by atomic mass is 19.1. The van der Waals surface area contributed by atoms with Crippen LogP contribution in [0, 0.1) is 5.82 Å². The summed E-state index contributed by atoms with van der Waals surface area (Å²) >= 11 is 0. The summed E-state index contributed by atoms with van der Waals surface area (Å²) in [5.41, 5.74) is 1.30. The van der Waals surface area contributed by atoms with Crippen LogP contribution in [0.3, 0.4) is 0 Å². The third kappa shape index (κ3) is 2.56. The van der Waals surface area contributed by atoms with Gasteiger partial charge in [-0.3, -0.25) is 4.79 Å². The molecule has 22 heavy (non-hydrogen) atoms. The Bertz CT molecular complexity index is 789. The lowest BCUT2D eigenvalue weighted by molar-refractivity contribution is 0.0992. The van der Waals surface area contributed by atoms with Crippen molar-refractivity contribution in [1.82, 2.24) is 20.2 Å². The first-order valence-electron chi connectivity index (χ1n) is 6.53. The van der Waals surface area contributed by atoms with Crippen molar-refractivity contribution < 1.29 is 9.18 Å². The largest absolute Gasteiger partial charge is 0.311 e. The molecule has 2 aromatic carbocycles. The van der Waals surface area contributed by atoms with Gasteiger partial charge in [-0.1, -0.05) is 18.2 Å². The molecule has 0 aliphatic heterocycles. The number of rotatable bonds is 3. The minimum atomic E-state index is -0.498. The zero-order valence-electron chi connectivity index (χ0n) is 11.7. The lowest BCUT2D eigenvalue weighted by Gasteiger charge is -2.19. The molecule has 0 saturated heterocycles. The number of hydrogen-bond acceptors (Lipinski definition) is 4. The lowest BCUT2D eigenvalue weighted by atomic mass is 10.1. The van der Waals surface area contributed by atoms with E-state index in [1.807, 2.05) is 18.2 Å². The summed E-state index contributed by atoms with van der Waals surface area (Å²) < 4.78 is 14.9. The third-order valence-corrected chi connectivity index (χ3v) is 3.23. The number of benzene rings is 2. The maximum Gasteiger partial charge on any atom is 0.260 e. The fourth-order valence-corrected chi connectivity index (χ4v) is 2.10. The summed E-state index contributed by atoms with van der Waals surface area (Å²) in [7, 11) is 1.63. The molecule has 0 aliphatic carbocycles. The predicted octanol–water partition coefficient (Wildman–Crippen LogP) is 2.08. The fourth-order valence-electron chi connectivity index (χ4n) is 2.10. The van der Waals surface area contributed by atoms with Gasteiger partial charge >= 0.3 is 0 Å². The van der Waals surface area contributed by atoms with Gasteiger partial charge in [-0.25, -0.2) is 4.39 Å². The number of amides is 1. The molecule has 0 atom stereocenters. The van der Waals surface area contributed by atoms with Crippen LogP contribution in [0.25, 0.3) is 5.69 Å². The molecule has 3 aromatic rings. The smallest absolute Gasteiger partial charge is 0.260 e. The van der Waals surface area contributed by atoms with E-state index in [1.54, 1.807) is 19.2 Å². The van der Waals surface area contributed by atoms with Crippen LogP contribution in [-0.4, -0.2) is 33.2 Å². The SMILES string of the molecule is CN(C(=O)c1cc(F)ccc1-n1cnnn1)c1ccccc1. The number of tetrazole rings is 1. The Morgan fingerprint density at radius 3 is 2.64 bits per heavy atom. The summed E-state index contributed by atoms with van der Waals surface area (Å²) in [6, 6.07) is 13.0. The van der Waals surface area contributed by atoms with Crippen LogP contribution in [0.4, 0.5) is 10.1 Å². The van der Waals surface area contributed by atoms with Crippen molar-refractivity contribution in [2.75, 3.05) is 11.9 Å². The normalized spacial score (nSPS) is 10.5. The van der Waals surface area contributed by atoms with Crippen LogP contribution >= 0.6 is 0 Å². The van der Waals surface area contributed by atoms with E-state index < -0.39 is 5.82 Å². The molecule has 3 rings (SSSR count). The molecule has 0 saturated carbocycles. The molecule has 0 bridgehead atoms. The molecule has 110 valence electrons. The van der Waals surface area contributed by atoms with E-state index >= 15 is 0 Å². The van der Waals surface area contributed by atoms with Crippen molar-refractivity contribution in [3.63, 3.8) is 0 Å². The number of aromatic nitrogens is 4. The third-order valence-electron chi connectivity index (χ3n) is 3.23. The van der Waals surface area contributed by atoms with Gasteiger partial charge in [0.1, 0.15) is 12.1 Å². The standard InChI is InChI=1S/C15H12FN5O/c1-20(12-5-3-2-4-6-12)15(22)13-9-11(16)7-8-14(13)21-10-17-18-19-21/h2-10H,1H3. The minimum Gasteiger partial charge on any atom is -0.311 e. The maximum absolute atomic E-state index is 13.6. The van der Waals surface area contributed by atoms with E-state index in [1.165, 1.54) is 34.1 Å². The fraction of sp³-hybridized carbons (Fsp3) is 0.0667. The van der Waals surface area contributed by atoms with Crippen molar-refractivity contribution >= 4 is 11.6 Å². The van der Waals surface area contributed by atoms with Gasteiger partial charge < -0.3 is 4.90 Å². The highest BCUT2D eigenvalue weighted by molar-refractivity contribution is 6.08. The monoisotopic (exact) mass is 297 g/mol. The summed E-state index contributed by atoms with van der Waals surface area (Å²) in [5.74, 6) is -0.849.